The molecule has 0 aliphatic carbocycles. The number of rotatable bonds is 5. The summed E-state index contributed by atoms with van der Waals surface area (Å²) in [5, 5.41) is 0. The van der Waals surface area contributed by atoms with Crippen LogP contribution in [0.25, 0.3) is 0 Å². The van der Waals surface area contributed by atoms with Crippen LogP contribution in [-0.2, 0) is 19.6 Å². The van der Waals surface area contributed by atoms with E-state index in [1.165, 1.54) is 0 Å². The topological polar surface area (TPSA) is 72.5 Å². The second-order valence-corrected chi connectivity index (χ2v) is 7.64. The summed E-state index contributed by atoms with van der Waals surface area (Å²) in [6, 6.07) is 7.50. The van der Waals surface area contributed by atoms with Crippen molar-refractivity contribution in [2.24, 2.45) is 0 Å². The summed E-state index contributed by atoms with van der Waals surface area (Å²) in [7, 11) is -3.67. The number of nitrogens with one attached hydrogen (secondary N) is 1. The molecule has 0 aromatic heterocycles. The highest BCUT2D eigenvalue weighted by molar-refractivity contribution is 7.90. The first kappa shape index (κ1) is 17.0. The molecule has 1 amide bonds. The number of aryl methyl sites for hydroxylation is 1. The van der Waals surface area contributed by atoms with Gasteiger partial charge in [0.2, 0.25) is 15.9 Å². The van der Waals surface area contributed by atoms with Crippen molar-refractivity contribution < 1.29 is 17.9 Å². The van der Waals surface area contributed by atoms with Gasteiger partial charge in [-0.2, -0.15) is 0 Å². The van der Waals surface area contributed by atoms with E-state index in [0.717, 1.165) is 30.4 Å². The van der Waals surface area contributed by atoms with Gasteiger partial charge in [0.25, 0.3) is 0 Å². The summed E-state index contributed by atoms with van der Waals surface area (Å²) < 4.78 is 31.8. The first-order valence-electron chi connectivity index (χ1n) is 7.60. The Morgan fingerprint density at radius 1 is 1.32 bits per heavy atom. The zero-order valence-electron chi connectivity index (χ0n) is 13.0. The molecule has 1 aromatic carbocycles. The fraction of sp³-hybridized carbons (Fsp3) is 0.562. The Kier molecular flexibility index (Phi) is 5.58. The minimum atomic E-state index is -3.67. The van der Waals surface area contributed by atoms with Crippen molar-refractivity contribution in [3.63, 3.8) is 0 Å². The highest BCUT2D eigenvalue weighted by Gasteiger charge is 2.26. The molecule has 6 heteroatoms. The summed E-state index contributed by atoms with van der Waals surface area (Å²) in [4.78, 5) is 12.2. The average molecular weight is 325 g/mol. The monoisotopic (exact) mass is 325 g/mol. The van der Waals surface area contributed by atoms with Crippen molar-refractivity contribution in [2.75, 3.05) is 12.4 Å². The third kappa shape index (κ3) is 4.81. The van der Waals surface area contributed by atoms with Crippen molar-refractivity contribution in [1.82, 2.24) is 4.72 Å². The molecule has 1 fully saturated rings. The maximum Gasteiger partial charge on any atom is 0.240 e. The van der Waals surface area contributed by atoms with Gasteiger partial charge in [-0.15, -0.1) is 0 Å². The maximum absolute atomic E-state index is 12.2. The van der Waals surface area contributed by atoms with Crippen molar-refractivity contribution in [2.45, 2.75) is 45.1 Å². The van der Waals surface area contributed by atoms with Gasteiger partial charge in [-0.05, 0) is 38.7 Å². The maximum atomic E-state index is 12.2. The molecule has 0 saturated carbocycles. The number of carbonyl (C=O) groups excluding carboxylic acids is 1. The summed E-state index contributed by atoms with van der Waals surface area (Å²) in [5.41, 5.74) is 1.89. The summed E-state index contributed by atoms with van der Waals surface area (Å²) in [5.74, 6) is -1.17. The van der Waals surface area contributed by atoms with E-state index in [9.17, 15) is 13.2 Å². The standard InChI is InChI=1S/C16H23NO4S/c1-12-6-8-14(9-7-12)13(2)16(18)17-22(19,20)11-15-5-3-4-10-21-15/h6-9,13,15H,3-5,10-11H2,1-2H3,(H,17,18). The van der Waals surface area contributed by atoms with Crippen LogP contribution in [-0.4, -0.2) is 32.8 Å². The Labute approximate surface area is 132 Å². The van der Waals surface area contributed by atoms with Gasteiger partial charge in [0.15, 0.2) is 0 Å². The minimum absolute atomic E-state index is 0.153. The van der Waals surface area contributed by atoms with Gasteiger partial charge < -0.3 is 4.74 Å². The molecule has 0 bridgehead atoms. The Balaban J connectivity index is 1.95. The van der Waals surface area contributed by atoms with E-state index >= 15 is 0 Å². The van der Waals surface area contributed by atoms with Crippen LogP contribution >= 0.6 is 0 Å². The van der Waals surface area contributed by atoms with Crippen LogP contribution < -0.4 is 4.72 Å². The number of ether oxygens (including phenoxy) is 1. The van der Waals surface area contributed by atoms with Gasteiger partial charge in [-0.1, -0.05) is 29.8 Å². The van der Waals surface area contributed by atoms with E-state index in [1.54, 1.807) is 6.92 Å². The Bertz CT molecular complexity index is 604. The molecule has 0 spiro atoms. The fourth-order valence-electron chi connectivity index (χ4n) is 2.47. The van der Waals surface area contributed by atoms with Gasteiger partial charge in [0, 0.05) is 6.61 Å². The lowest BCUT2D eigenvalue weighted by Gasteiger charge is -2.22. The zero-order valence-corrected chi connectivity index (χ0v) is 13.9. The largest absolute Gasteiger partial charge is 0.377 e. The van der Waals surface area contributed by atoms with Crippen LogP contribution in [0.15, 0.2) is 24.3 Å². The molecular formula is C16H23NO4S. The molecule has 2 atom stereocenters. The molecule has 2 rings (SSSR count). The van der Waals surface area contributed by atoms with E-state index in [2.05, 4.69) is 4.72 Å². The van der Waals surface area contributed by atoms with E-state index in [1.807, 2.05) is 31.2 Å². The number of carbonyl (C=O) groups is 1. The van der Waals surface area contributed by atoms with Crippen LogP contribution in [0, 0.1) is 6.92 Å². The highest BCUT2D eigenvalue weighted by Crippen LogP contribution is 2.17. The molecule has 1 aliphatic heterocycles. The van der Waals surface area contributed by atoms with Gasteiger partial charge >= 0.3 is 0 Å². The van der Waals surface area contributed by atoms with Crippen LogP contribution in [0.2, 0.25) is 0 Å². The number of sulfonamides is 1. The van der Waals surface area contributed by atoms with Crippen LogP contribution in [0.4, 0.5) is 0 Å². The fourth-order valence-corrected chi connectivity index (χ4v) is 3.79. The molecule has 1 saturated heterocycles. The number of hydrogen-bond acceptors (Lipinski definition) is 4. The molecule has 1 aromatic rings. The smallest absolute Gasteiger partial charge is 0.240 e. The van der Waals surface area contributed by atoms with Crippen molar-refractivity contribution in [3.05, 3.63) is 35.4 Å². The summed E-state index contributed by atoms with van der Waals surface area (Å²) in [6.45, 7) is 4.25. The Hall–Kier alpha value is -1.40. The van der Waals surface area contributed by atoms with E-state index in [-0.39, 0.29) is 11.9 Å². The predicted molar refractivity (Wildman–Crippen MR) is 85.1 cm³/mol. The van der Waals surface area contributed by atoms with Gasteiger partial charge in [0.1, 0.15) is 0 Å². The SMILES string of the molecule is Cc1ccc(C(C)C(=O)NS(=O)(=O)CC2CCCCO2)cc1. The van der Waals surface area contributed by atoms with Crippen LogP contribution in [0.3, 0.4) is 0 Å². The molecular weight excluding hydrogens is 302 g/mol. The molecule has 5 nitrogen and oxygen atoms in total. The molecule has 1 aliphatic rings. The second-order valence-electron chi connectivity index (χ2n) is 5.87. The normalized spacial score (nSPS) is 20.4. The molecule has 2 unspecified atom stereocenters. The third-order valence-corrected chi connectivity index (χ3v) is 5.23. The predicted octanol–water partition coefficient (Wildman–Crippen LogP) is 2.11. The molecule has 22 heavy (non-hydrogen) atoms. The average Bonchev–Trinajstić information content (AvgIpc) is 2.47. The number of hydrogen-bond donors (Lipinski definition) is 1. The Morgan fingerprint density at radius 3 is 2.59 bits per heavy atom. The minimum Gasteiger partial charge on any atom is -0.377 e. The van der Waals surface area contributed by atoms with E-state index in [4.69, 9.17) is 4.74 Å². The van der Waals surface area contributed by atoms with Gasteiger partial charge in [-0.3, -0.25) is 9.52 Å². The lowest BCUT2D eigenvalue weighted by Crippen LogP contribution is -2.39. The van der Waals surface area contributed by atoms with E-state index in [0.29, 0.717) is 6.61 Å². The first-order valence-corrected chi connectivity index (χ1v) is 9.25. The highest BCUT2D eigenvalue weighted by atomic mass is 32.2. The van der Waals surface area contributed by atoms with Crippen molar-refractivity contribution in [3.8, 4) is 0 Å². The summed E-state index contributed by atoms with van der Waals surface area (Å²) in [6.07, 6.45) is 2.35. The lowest BCUT2D eigenvalue weighted by molar-refractivity contribution is -0.120. The van der Waals surface area contributed by atoms with E-state index < -0.39 is 21.8 Å². The van der Waals surface area contributed by atoms with Gasteiger partial charge in [0.05, 0.1) is 17.8 Å². The molecule has 0 radical (unpaired) electrons. The van der Waals surface area contributed by atoms with Crippen molar-refractivity contribution in [1.29, 1.82) is 0 Å². The molecule has 1 heterocycles. The second kappa shape index (κ2) is 7.24. The third-order valence-electron chi connectivity index (χ3n) is 3.91. The Morgan fingerprint density at radius 2 is 2.00 bits per heavy atom. The van der Waals surface area contributed by atoms with Crippen LogP contribution in [0.1, 0.15) is 43.2 Å². The molecule has 1 N–H and O–H groups in total. The first-order chi connectivity index (χ1) is 10.4. The number of benzene rings is 1. The molecule has 122 valence electrons. The lowest BCUT2D eigenvalue weighted by atomic mass is 10.00. The van der Waals surface area contributed by atoms with Crippen molar-refractivity contribution >= 4 is 15.9 Å². The summed E-state index contributed by atoms with van der Waals surface area (Å²) >= 11 is 0. The van der Waals surface area contributed by atoms with Crippen LogP contribution in [0.5, 0.6) is 0 Å². The quantitative estimate of drug-likeness (QED) is 0.900. The van der Waals surface area contributed by atoms with Gasteiger partial charge in [-0.25, -0.2) is 8.42 Å². The zero-order chi connectivity index (χ0) is 16.2. The number of amides is 1.